The van der Waals surface area contributed by atoms with Crippen LogP contribution < -0.4 is 0 Å². The Bertz CT molecular complexity index is 584. The summed E-state index contributed by atoms with van der Waals surface area (Å²) >= 11 is 0. The van der Waals surface area contributed by atoms with E-state index in [9.17, 15) is 9.90 Å². The number of carbonyl (C=O) groups excluding carboxylic acids is 1. The molecule has 5 fully saturated rings. The number of ether oxygens (including phenoxy) is 1. The highest BCUT2D eigenvalue weighted by Gasteiger charge is 2.67. The summed E-state index contributed by atoms with van der Waals surface area (Å²) in [5.74, 6) is 1.35. The molecule has 0 heterocycles. The molecule has 24 heavy (non-hydrogen) atoms. The molecule has 2 bridgehead atoms. The van der Waals surface area contributed by atoms with Gasteiger partial charge in [0, 0.05) is 5.41 Å². The van der Waals surface area contributed by atoms with Crippen molar-refractivity contribution in [2.24, 2.45) is 34.0 Å². The van der Waals surface area contributed by atoms with Crippen molar-refractivity contribution in [1.82, 2.24) is 0 Å². The van der Waals surface area contributed by atoms with Gasteiger partial charge in [-0.1, -0.05) is 19.9 Å². The van der Waals surface area contributed by atoms with Gasteiger partial charge in [-0.25, -0.2) is 0 Å². The highest BCUT2D eigenvalue weighted by Crippen LogP contribution is 2.72. The maximum atomic E-state index is 12.6. The van der Waals surface area contributed by atoms with Crippen molar-refractivity contribution in [3.63, 3.8) is 0 Å². The third-order valence-electron chi connectivity index (χ3n) is 8.92. The van der Waals surface area contributed by atoms with Crippen LogP contribution in [0.15, 0.2) is 12.2 Å². The van der Waals surface area contributed by atoms with E-state index in [0.717, 1.165) is 37.7 Å². The van der Waals surface area contributed by atoms with Crippen LogP contribution in [0.3, 0.4) is 0 Å². The van der Waals surface area contributed by atoms with Gasteiger partial charge in [0.05, 0.1) is 18.6 Å². The Balaban J connectivity index is 1.76. The van der Waals surface area contributed by atoms with Gasteiger partial charge in [-0.3, -0.25) is 4.79 Å². The number of aliphatic hydroxyl groups is 1. The molecule has 0 aliphatic heterocycles. The van der Waals surface area contributed by atoms with E-state index < -0.39 is 0 Å². The molecule has 3 nitrogen and oxygen atoms in total. The van der Waals surface area contributed by atoms with Gasteiger partial charge in [-0.05, 0) is 80.6 Å². The molecule has 5 saturated carbocycles. The highest BCUT2D eigenvalue weighted by molar-refractivity contribution is 5.77. The normalized spacial score (nSPS) is 53.2. The zero-order chi connectivity index (χ0) is 17.3. The van der Waals surface area contributed by atoms with E-state index in [1.165, 1.54) is 26.4 Å². The Hall–Kier alpha value is -0.830. The van der Waals surface area contributed by atoms with Gasteiger partial charge in [0.2, 0.25) is 0 Å². The number of esters is 1. The minimum atomic E-state index is -0.359. The van der Waals surface area contributed by atoms with Crippen molar-refractivity contribution in [2.75, 3.05) is 7.11 Å². The Labute approximate surface area is 145 Å². The van der Waals surface area contributed by atoms with Crippen molar-refractivity contribution < 1.29 is 14.6 Å². The summed E-state index contributed by atoms with van der Waals surface area (Å²) in [5.41, 5.74) is 0.888. The van der Waals surface area contributed by atoms with Gasteiger partial charge in [0.15, 0.2) is 0 Å². The summed E-state index contributed by atoms with van der Waals surface area (Å²) in [7, 11) is 1.53. The summed E-state index contributed by atoms with van der Waals surface area (Å²) in [4.78, 5) is 12.6. The summed E-state index contributed by atoms with van der Waals surface area (Å²) in [6.45, 7) is 8.79. The molecular formula is C21H32O3. The van der Waals surface area contributed by atoms with Crippen LogP contribution in [0, 0.1) is 34.0 Å². The summed E-state index contributed by atoms with van der Waals surface area (Å²) in [6.07, 6.45) is 8.46. The Morgan fingerprint density at radius 1 is 1.17 bits per heavy atom. The largest absolute Gasteiger partial charge is 0.469 e. The SMILES string of the molecule is C=C1[C@@H]2CC[C@@]3(CC[C@H]4[C@@](C)(CCC[C@@]4(C)C(=O)OC)[C@@H]3C2)[C@H]1O. The van der Waals surface area contributed by atoms with E-state index in [4.69, 9.17) is 4.74 Å². The van der Waals surface area contributed by atoms with E-state index in [-0.39, 0.29) is 28.3 Å². The lowest BCUT2D eigenvalue weighted by atomic mass is 9.36. The van der Waals surface area contributed by atoms with Gasteiger partial charge >= 0.3 is 5.97 Å². The van der Waals surface area contributed by atoms with Crippen molar-refractivity contribution in [2.45, 2.75) is 71.3 Å². The molecule has 5 aliphatic rings. The second kappa shape index (κ2) is 5.09. The minimum absolute atomic E-state index is 0.0193. The number of rotatable bonds is 1. The molecule has 0 aromatic carbocycles. The molecule has 0 amide bonds. The van der Waals surface area contributed by atoms with Gasteiger partial charge in [-0.15, -0.1) is 0 Å². The van der Waals surface area contributed by atoms with Gasteiger partial charge < -0.3 is 9.84 Å². The zero-order valence-electron chi connectivity index (χ0n) is 15.4. The van der Waals surface area contributed by atoms with Crippen LogP contribution in [0.5, 0.6) is 0 Å². The lowest BCUT2D eigenvalue weighted by Gasteiger charge is -2.68. The Kier molecular flexibility index (Phi) is 3.53. The average Bonchev–Trinajstić information content (AvgIpc) is 2.58. The van der Waals surface area contributed by atoms with Gasteiger partial charge in [-0.2, -0.15) is 0 Å². The van der Waals surface area contributed by atoms with E-state index in [1.807, 2.05) is 0 Å². The summed E-state index contributed by atoms with van der Waals surface area (Å²) < 4.78 is 5.22. The highest BCUT2D eigenvalue weighted by atomic mass is 16.5. The van der Waals surface area contributed by atoms with E-state index in [1.54, 1.807) is 0 Å². The lowest BCUT2D eigenvalue weighted by Crippen LogP contribution is -2.65. The van der Waals surface area contributed by atoms with E-state index in [2.05, 4.69) is 20.4 Å². The first-order valence-electron chi connectivity index (χ1n) is 9.75. The average molecular weight is 332 g/mol. The van der Waals surface area contributed by atoms with Crippen LogP contribution in [0.1, 0.15) is 65.2 Å². The van der Waals surface area contributed by atoms with Crippen LogP contribution in [-0.4, -0.2) is 24.3 Å². The van der Waals surface area contributed by atoms with Gasteiger partial charge in [0.1, 0.15) is 0 Å². The van der Waals surface area contributed by atoms with Crippen molar-refractivity contribution in [1.29, 1.82) is 0 Å². The molecular weight excluding hydrogens is 300 g/mol. The third-order valence-corrected chi connectivity index (χ3v) is 8.92. The first kappa shape index (κ1) is 16.6. The molecule has 0 saturated heterocycles. The predicted octanol–water partition coefficient (Wildman–Crippen LogP) is 4.10. The molecule has 0 aromatic rings. The fraction of sp³-hybridized carbons (Fsp3) is 0.857. The lowest BCUT2D eigenvalue weighted by molar-refractivity contribution is -0.212. The minimum Gasteiger partial charge on any atom is -0.469 e. The quantitative estimate of drug-likeness (QED) is 0.581. The van der Waals surface area contributed by atoms with Crippen LogP contribution in [0.2, 0.25) is 0 Å². The first-order valence-corrected chi connectivity index (χ1v) is 9.75. The fourth-order valence-electron chi connectivity index (χ4n) is 7.74. The number of fused-ring (bicyclic) bond motifs is 3. The topological polar surface area (TPSA) is 46.5 Å². The van der Waals surface area contributed by atoms with Crippen LogP contribution in [0.25, 0.3) is 0 Å². The van der Waals surface area contributed by atoms with Crippen LogP contribution in [-0.2, 0) is 9.53 Å². The van der Waals surface area contributed by atoms with Gasteiger partial charge in [0.25, 0.3) is 0 Å². The standard InChI is InChI=1S/C21H32O3/c1-13-14-6-10-21(17(13)22)11-7-15-19(2,16(21)12-14)8-5-9-20(15,3)18(23)24-4/h14-17,22H,1,5-12H2,2-4H3/t14-,15+,16+,17+,19-,20-,21+/m1/s1. The number of aliphatic hydroxyl groups excluding tert-OH is 1. The second-order valence-electron chi connectivity index (χ2n) is 9.59. The Morgan fingerprint density at radius 3 is 2.58 bits per heavy atom. The van der Waals surface area contributed by atoms with Crippen molar-refractivity contribution >= 4 is 5.97 Å². The molecule has 5 aliphatic carbocycles. The zero-order valence-corrected chi connectivity index (χ0v) is 15.4. The number of carbonyl (C=O) groups is 1. The molecule has 1 spiro atoms. The molecule has 0 radical (unpaired) electrons. The maximum Gasteiger partial charge on any atom is 0.311 e. The van der Waals surface area contributed by atoms with E-state index in [0.29, 0.717) is 17.8 Å². The molecule has 7 atom stereocenters. The van der Waals surface area contributed by atoms with Crippen molar-refractivity contribution in [3.8, 4) is 0 Å². The fourth-order valence-corrected chi connectivity index (χ4v) is 7.74. The molecule has 0 aromatic heterocycles. The maximum absolute atomic E-state index is 12.6. The number of methoxy groups -OCH3 is 1. The molecule has 1 N–H and O–H groups in total. The van der Waals surface area contributed by atoms with Crippen LogP contribution >= 0.6 is 0 Å². The summed E-state index contributed by atoms with van der Waals surface area (Å²) in [5, 5.41) is 11.1. The van der Waals surface area contributed by atoms with Crippen molar-refractivity contribution in [3.05, 3.63) is 12.2 Å². The smallest absolute Gasteiger partial charge is 0.311 e. The third kappa shape index (κ3) is 1.80. The molecule has 3 heteroatoms. The van der Waals surface area contributed by atoms with E-state index >= 15 is 0 Å². The monoisotopic (exact) mass is 332 g/mol. The van der Waals surface area contributed by atoms with Crippen LogP contribution in [0.4, 0.5) is 0 Å². The second-order valence-corrected chi connectivity index (χ2v) is 9.59. The number of hydrogen-bond donors (Lipinski definition) is 1. The predicted molar refractivity (Wildman–Crippen MR) is 93.2 cm³/mol. The Morgan fingerprint density at radius 2 is 1.88 bits per heavy atom. The first-order chi connectivity index (χ1) is 11.3. The summed E-state index contributed by atoms with van der Waals surface area (Å²) in [6, 6.07) is 0. The molecule has 5 rings (SSSR count). The number of hydrogen-bond acceptors (Lipinski definition) is 3. The molecule has 0 unspecified atom stereocenters. The molecule has 134 valence electrons.